The second-order valence-corrected chi connectivity index (χ2v) is 7.79. The molecule has 4 heteroatoms. The normalized spacial score (nSPS) is 10.7. The maximum Gasteiger partial charge on any atom is 0.220 e. The average molecular weight is 329 g/mol. The molecule has 0 atom stereocenters. The molecule has 2 aromatic carbocycles. The molecule has 3 aromatic rings. The largest absolute Gasteiger partial charge is 0.497 e. The van der Waals surface area contributed by atoms with Crippen molar-refractivity contribution >= 4 is 22.2 Å². The van der Waals surface area contributed by atoms with E-state index in [-0.39, 0.29) is 10.9 Å². The van der Waals surface area contributed by atoms with E-state index in [1.54, 1.807) is 25.6 Å². The van der Waals surface area contributed by atoms with E-state index in [2.05, 4.69) is 41.8 Å². The number of hydrogen-bond donors (Lipinski definition) is 0. The molecule has 0 aliphatic rings. The molecule has 0 unspecified atom stereocenters. The monoisotopic (exact) mass is 329 g/mol. The number of benzene rings is 2. The summed E-state index contributed by atoms with van der Waals surface area (Å²) in [5, 5.41) is 2.13. The third kappa shape index (κ3) is 3.13. The summed E-state index contributed by atoms with van der Waals surface area (Å²) < 4.78 is 11.9. The lowest BCUT2D eigenvalue weighted by molar-refractivity contribution is 0.414. The van der Waals surface area contributed by atoms with Gasteiger partial charge >= 0.3 is 0 Å². The van der Waals surface area contributed by atoms with Crippen molar-refractivity contribution in [2.75, 3.05) is 14.2 Å². The summed E-state index contributed by atoms with van der Waals surface area (Å²) in [6, 6.07) is 21.0. The van der Waals surface area contributed by atoms with E-state index < -0.39 is 0 Å². The Morgan fingerprint density at radius 1 is 0.727 bits per heavy atom. The van der Waals surface area contributed by atoms with Crippen LogP contribution in [0, 0.1) is 0 Å². The Morgan fingerprint density at radius 2 is 1.23 bits per heavy atom. The highest BCUT2D eigenvalue weighted by Gasteiger charge is 2.29. The van der Waals surface area contributed by atoms with Gasteiger partial charge in [0.25, 0.3) is 0 Å². The minimum Gasteiger partial charge on any atom is -0.497 e. The van der Waals surface area contributed by atoms with Crippen LogP contribution in [-0.2, 0) is 10.9 Å². The van der Waals surface area contributed by atoms with Gasteiger partial charge in [0.2, 0.25) is 4.21 Å². The van der Waals surface area contributed by atoms with Crippen molar-refractivity contribution in [1.29, 1.82) is 0 Å². The van der Waals surface area contributed by atoms with Crippen molar-refractivity contribution in [2.24, 2.45) is 0 Å². The Kier molecular flexibility index (Phi) is 4.71. The van der Waals surface area contributed by atoms with Crippen LogP contribution < -0.4 is 9.47 Å². The van der Waals surface area contributed by atoms with Gasteiger partial charge in [0.1, 0.15) is 22.4 Å². The zero-order chi connectivity index (χ0) is 15.4. The fourth-order valence-corrected chi connectivity index (χ4v) is 5.52. The Morgan fingerprint density at radius 3 is 1.59 bits per heavy atom. The molecule has 1 heterocycles. The first-order chi connectivity index (χ1) is 10.8. The molecule has 1 aromatic heterocycles. The molecule has 0 N–H and O–H groups in total. The fourth-order valence-electron chi connectivity index (χ4n) is 2.17. The van der Waals surface area contributed by atoms with Gasteiger partial charge in [-0.2, -0.15) is 0 Å². The zero-order valence-electron chi connectivity index (χ0n) is 12.5. The number of hydrogen-bond acceptors (Lipinski definition) is 3. The molecule has 0 aliphatic heterocycles. The third-order valence-corrected chi connectivity index (χ3v) is 6.76. The fraction of sp³-hybridized carbons (Fsp3) is 0.111. The first kappa shape index (κ1) is 15.0. The van der Waals surface area contributed by atoms with Crippen LogP contribution in [0.2, 0.25) is 0 Å². The number of methoxy groups -OCH3 is 2. The summed E-state index contributed by atoms with van der Waals surface area (Å²) in [7, 11) is 3.29. The van der Waals surface area contributed by atoms with Crippen LogP contribution in [0.5, 0.6) is 11.5 Å². The van der Waals surface area contributed by atoms with Crippen LogP contribution >= 0.6 is 11.3 Å². The molecule has 0 aliphatic carbocycles. The van der Waals surface area contributed by atoms with Gasteiger partial charge in [0, 0.05) is 6.07 Å². The van der Waals surface area contributed by atoms with Gasteiger partial charge in [0.15, 0.2) is 9.79 Å². The lowest BCUT2D eigenvalue weighted by atomic mass is 10.3. The minimum atomic E-state index is -0.0966. The van der Waals surface area contributed by atoms with Gasteiger partial charge < -0.3 is 9.47 Å². The van der Waals surface area contributed by atoms with Gasteiger partial charge in [-0.25, -0.2) is 0 Å². The number of thiophene rings is 1. The molecular weight excluding hydrogens is 312 g/mol. The molecule has 0 fully saturated rings. The highest BCUT2D eigenvalue weighted by atomic mass is 32.2. The second-order valence-electron chi connectivity index (χ2n) is 4.59. The quantitative estimate of drug-likeness (QED) is 0.622. The van der Waals surface area contributed by atoms with E-state index in [9.17, 15) is 0 Å². The van der Waals surface area contributed by atoms with Crippen molar-refractivity contribution in [3.63, 3.8) is 0 Å². The summed E-state index contributed by atoms with van der Waals surface area (Å²) in [4.78, 5) is 2.57. The Labute approximate surface area is 137 Å². The van der Waals surface area contributed by atoms with Crippen LogP contribution in [0.4, 0.5) is 0 Å². The first-order valence-electron chi connectivity index (χ1n) is 6.88. The Bertz CT molecular complexity index is 656. The molecule has 0 saturated heterocycles. The topological polar surface area (TPSA) is 18.5 Å². The summed E-state index contributed by atoms with van der Waals surface area (Å²) in [5.74, 6) is 1.77. The van der Waals surface area contributed by atoms with Gasteiger partial charge in [-0.1, -0.05) is 11.3 Å². The standard InChI is InChI=1S/C18H17O2S2/c1-19-14-5-9-16(10-6-14)22(18-4-3-13-21-18)17-11-7-15(20-2)8-12-17/h3-13H,1-2H3/q+1. The third-order valence-electron chi connectivity index (χ3n) is 3.29. The molecule has 0 bridgehead atoms. The van der Waals surface area contributed by atoms with Gasteiger partial charge in [-0.3, -0.25) is 0 Å². The molecule has 112 valence electrons. The predicted molar refractivity (Wildman–Crippen MR) is 92.5 cm³/mol. The van der Waals surface area contributed by atoms with Crippen LogP contribution in [-0.4, -0.2) is 14.2 Å². The van der Waals surface area contributed by atoms with Crippen molar-refractivity contribution in [2.45, 2.75) is 14.0 Å². The summed E-state index contributed by atoms with van der Waals surface area (Å²) >= 11 is 1.79. The van der Waals surface area contributed by atoms with Crippen LogP contribution in [0.15, 0.2) is 80.0 Å². The molecule has 0 saturated carbocycles. The maximum absolute atomic E-state index is 5.26. The maximum atomic E-state index is 5.26. The van der Waals surface area contributed by atoms with E-state index in [4.69, 9.17) is 9.47 Å². The van der Waals surface area contributed by atoms with Gasteiger partial charge in [-0.05, 0) is 60.0 Å². The lowest BCUT2D eigenvalue weighted by Crippen LogP contribution is -2.03. The zero-order valence-corrected chi connectivity index (χ0v) is 14.1. The Balaban J connectivity index is 2.02. The van der Waals surface area contributed by atoms with Gasteiger partial charge in [-0.15, -0.1) is 0 Å². The highest BCUT2D eigenvalue weighted by Crippen LogP contribution is 2.35. The molecule has 22 heavy (non-hydrogen) atoms. The van der Waals surface area contributed by atoms with Crippen molar-refractivity contribution in [1.82, 2.24) is 0 Å². The van der Waals surface area contributed by atoms with Crippen LogP contribution in [0.25, 0.3) is 0 Å². The van der Waals surface area contributed by atoms with E-state index in [1.807, 2.05) is 24.3 Å². The van der Waals surface area contributed by atoms with Crippen molar-refractivity contribution in [3.8, 4) is 11.5 Å². The molecular formula is C18H17O2S2+. The van der Waals surface area contributed by atoms with E-state index in [0.717, 1.165) is 11.5 Å². The predicted octanol–water partition coefficient (Wildman–Crippen LogP) is 4.86. The average Bonchev–Trinajstić information content (AvgIpc) is 3.10. The second kappa shape index (κ2) is 6.90. The molecule has 0 radical (unpaired) electrons. The molecule has 0 amide bonds. The smallest absolute Gasteiger partial charge is 0.220 e. The number of ether oxygens (including phenoxy) is 2. The highest BCUT2D eigenvalue weighted by molar-refractivity contribution is 7.98. The number of rotatable bonds is 5. The minimum absolute atomic E-state index is 0.0966. The molecule has 0 spiro atoms. The summed E-state index contributed by atoms with van der Waals surface area (Å²) in [5.41, 5.74) is 0. The molecule has 2 nitrogen and oxygen atoms in total. The van der Waals surface area contributed by atoms with Crippen LogP contribution in [0.3, 0.4) is 0 Å². The Hall–Kier alpha value is -1.91. The summed E-state index contributed by atoms with van der Waals surface area (Å²) in [6.45, 7) is 0. The molecule has 3 rings (SSSR count). The van der Waals surface area contributed by atoms with Crippen LogP contribution in [0.1, 0.15) is 0 Å². The van der Waals surface area contributed by atoms with Crippen molar-refractivity contribution < 1.29 is 9.47 Å². The van der Waals surface area contributed by atoms with Gasteiger partial charge in [0.05, 0.1) is 14.2 Å². The van der Waals surface area contributed by atoms with Crippen molar-refractivity contribution in [3.05, 3.63) is 66.0 Å². The summed E-state index contributed by atoms with van der Waals surface area (Å²) in [6.07, 6.45) is 0. The lowest BCUT2D eigenvalue weighted by Gasteiger charge is -2.07. The SMILES string of the molecule is COc1ccc([S+](c2ccc(OC)cc2)c2cccs2)cc1. The van der Waals surface area contributed by atoms with E-state index in [0.29, 0.717) is 0 Å². The first-order valence-corrected chi connectivity index (χ1v) is 8.98. The van der Waals surface area contributed by atoms with E-state index in [1.165, 1.54) is 14.0 Å². The van der Waals surface area contributed by atoms with E-state index >= 15 is 0 Å².